The summed E-state index contributed by atoms with van der Waals surface area (Å²) >= 11 is 0. The van der Waals surface area contributed by atoms with Gasteiger partial charge in [0, 0.05) is 32.8 Å². The van der Waals surface area contributed by atoms with Crippen molar-refractivity contribution >= 4 is 5.91 Å². The highest BCUT2D eigenvalue weighted by atomic mass is 16.5. The molecule has 1 atom stereocenters. The number of likely N-dealkylation sites (tertiary alicyclic amines) is 2. The van der Waals surface area contributed by atoms with E-state index in [0.29, 0.717) is 19.2 Å². The summed E-state index contributed by atoms with van der Waals surface area (Å²) < 4.78 is 5.03. The molecule has 0 radical (unpaired) electrons. The van der Waals surface area contributed by atoms with Crippen LogP contribution >= 0.6 is 0 Å². The Morgan fingerprint density at radius 2 is 1.89 bits per heavy atom. The van der Waals surface area contributed by atoms with E-state index in [2.05, 4.69) is 46.3 Å². The molecule has 28 heavy (non-hydrogen) atoms. The van der Waals surface area contributed by atoms with Crippen LogP contribution in [0.25, 0.3) is 0 Å². The number of benzene rings is 1. The van der Waals surface area contributed by atoms with Gasteiger partial charge in [0.1, 0.15) is 0 Å². The summed E-state index contributed by atoms with van der Waals surface area (Å²) in [4.78, 5) is 17.6. The molecule has 0 saturated carbocycles. The smallest absolute Gasteiger partial charge is 0.224 e. The van der Waals surface area contributed by atoms with Crippen molar-refractivity contribution in [3.05, 3.63) is 35.4 Å². The SMILES string of the molecule is CCc1ccccc1CN1CCC(N2CCCC(C(=O)NCCOC)C2)CC1. The minimum Gasteiger partial charge on any atom is -0.383 e. The zero-order valence-electron chi connectivity index (χ0n) is 17.7. The molecule has 1 N–H and O–H groups in total. The summed E-state index contributed by atoms with van der Waals surface area (Å²) in [6.45, 7) is 8.89. The highest BCUT2D eigenvalue weighted by molar-refractivity contribution is 5.78. The van der Waals surface area contributed by atoms with Crippen molar-refractivity contribution in [2.24, 2.45) is 5.92 Å². The summed E-state index contributed by atoms with van der Waals surface area (Å²) in [5.41, 5.74) is 2.96. The Hall–Kier alpha value is -1.43. The van der Waals surface area contributed by atoms with E-state index in [-0.39, 0.29) is 11.8 Å². The third-order valence-electron chi connectivity index (χ3n) is 6.40. The minimum absolute atomic E-state index is 0.139. The highest BCUT2D eigenvalue weighted by Gasteiger charge is 2.31. The van der Waals surface area contributed by atoms with Gasteiger partial charge in [-0.05, 0) is 62.9 Å². The molecule has 5 nitrogen and oxygen atoms in total. The Labute approximate surface area is 170 Å². The van der Waals surface area contributed by atoms with E-state index in [9.17, 15) is 4.79 Å². The maximum atomic E-state index is 12.4. The molecule has 2 saturated heterocycles. The standard InChI is InChI=1S/C23H37N3O2/c1-3-19-7-4-5-8-20(19)17-25-14-10-22(11-15-25)26-13-6-9-21(18-26)23(27)24-12-16-28-2/h4-5,7-8,21-22H,3,6,9-18H2,1-2H3,(H,24,27). The van der Waals surface area contributed by atoms with Crippen LogP contribution in [0.4, 0.5) is 0 Å². The third kappa shape index (κ3) is 5.79. The fourth-order valence-corrected chi connectivity index (χ4v) is 4.71. The molecule has 3 rings (SSSR count). The Morgan fingerprint density at radius 3 is 2.61 bits per heavy atom. The average molecular weight is 388 g/mol. The zero-order chi connectivity index (χ0) is 19.8. The number of hydrogen-bond acceptors (Lipinski definition) is 4. The molecule has 2 aliphatic rings. The third-order valence-corrected chi connectivity index (χ3v) is 6.40. The van der Waals surface area contributed by atoms with Gasteiger partial charge in [0.2, 0.25) is 5.91 Å². The van der Waals surface area contributed by atoms with Crippen molar-refractivity contribution in [2.45, 2.75) is 51.6 Å². The summed E-state index contributed by atoms with van der Waals surface area (Å²) in [7, 11) is 1.67. The lowest BCUT2D eigenvalue weighted by molar-refractivity contribution is -0.127. The topological polar surface area (TPSA) is 44.8 Å². The van der Waals surface area contributed by atoms with Crippen molar-refractivity contribution in [1.29, 1.82) is 0 Å². The molecule has 2 aliphatic heterocycles. The van der Waals surface area contributed by atoms with Gasteiger partial charge in [-0.25, -0.2) is 0 Å². The molecule has 5 heteroatoms. The lowest BCUT2D eigenvalue weighted by Gasteiger charge is -2.42. The zero-order valence-corrected chi connectivity index (χ0v) is 17.7. The molecule has 0 spiro atoms. The van der Waals surface area contributed by atoms with E-state index in [1.165, 1.54) is 24.0 Å². The number of amides is 1. The molecular formula is C23H37N3O2. The largest absolute Gasteiger partial charge is 0.383 e. The second-order valence-electron chi connectivity index (χ2n) is 8.25. The van der Waals surface area contributed by atoms with Crippen LogP contribution in [0.2, 0.25) is 0 Å². The Balaban J connectivity index is 1.46. The predicted molar refractivity (Wildman–Crippen MR) is 113 cm³/mol. The molecule has 0 aliphatic carbocycles. The molecule has 0 bridgehead atoms. The van der Waals surface area contributed by atoms with Gasteiger partial charge in [-0.3, -0.25) is 14.6 Å². The number of carbonyl (C=O) groups is 1. The summed E-state index contributed by atoms with van der Waals surface area (Å²) in [5, 5.41) is 3.02. The first kappa shape index (κ1) is 21.3. The first-order chi connectivity index (χ1) is 13.7. The number of nitrogens with zero attached hydrogens (tertiary/aromatic N) is 2. The van der Waals surface area contributed by atoms with E-state index in [1.54, 1.807) is 7.11 Å². The molecule has 2 heterocycles. The summed E-state index contributed by atoms with van der Waals surface area (Å²) in [5.74, 6) is 0.343. The van der Waals surface area contributed by atoms with Gasteiger partial charge in [-0.1, -0.05) is 31.2 Å². The highest BCUT2D eigenvalue weighted by Crippen LogP contribution is 2.25. The number of carbonyl (C=O) groups excluding carboxylic acids is 1. The van der Waals surface area contributed by atoms with E-state index in [1.807, 2.05) is 0 Å². The number of nitrogens with one attached hydrogen (secondary N) is 1. The van der Waals surface area contributed by atoms with Crippen molar-refractivity contribution < 1.29 is 9.53 Å². The number of ether oxygens (including phenoxy) is 1. The van der Waals surface area contributed by atoms with E-state index >= 15 is 0 Å². The van der Waals surface area contributed by atoms with E-state index in [4.69, 9.17) is 4.74 Å². The average Bonchev–Trinajstić information content (AvgIpc) is 2.75. The number of rotatable bonds is 8. The van der Waals surface area contributed by atoms with Crippen molar-refractivity contribution in [2.75, 3.05) is 46.4 Å². The number of aryl methyl sites for hydroxylation is 1. The number of methoxy groups -OCH3 is 1. The monoisotopic (exact) mass is 387 g/mol. The van der Waals surface area contributed by atoms with Crippen LogP contribution in [-0.4, -0.2) is 68.2 Å². The van der Waals surface area contributed by atoms with E-state index < -0.39 is 0 Å². The van der Waals surface area contributed by atoms with Crippen LogP contribution in [-0.2, 0) is 22.5 Å². The minimum atomic E-state index is 0.139. The van der Waals surface area contributed by atoms with Crippen LogP contribution in [0.1, 0.15) is 43.7 Å². The summed E-state index contributed by atoms with van der Waals surface area (Å²) in [6.07, 6.45) is 5.68. The maximum Gasteiger partial charge on any atom is 0.224 e. The normalized spacial score (nSPS) is 22.3. The maximum absolute atomic E-state index is 12.4. The molecule has 1 aromatic rings. The van der Waals surface area contributed by atoms with Crippen LogP contribution < -0.4 is 5.32 Å². The molecule has 0 aromatic heterocycles. The Kier molecular flexibility index (Phi) is 8.31. The van der Waals surface area contributed by atoms with Crippen LogP contribution in [0, 0.1) is 5.92 Å². The van der Waals surface area contributed by atoms with Crippen molar-refractivity contribution in [1.82, 2.24) is 15.1 Å². The van der Waals surface area contributed by atoms with Crippen molar-refractivity contribution in [3.63, 3.8) is 0 Å². The van der Waals surface area contributed by atoms with Gasteiger partial charge in [0.25, 0.3) is 0 Å². The van der Waals surface area contributed by atoms with E-state index in [0.717, 1.165) is 52.0 Å². The van der Waals surface area contributed by atoms with Gasteiger partial charge in [0.15, 0.2) is 0 Å². The molecule has 1 amide bonds. The molecular weight excluding hydrogens is 350 g/mol. The van der Waals surface area contributed by atoms with Crippen LogP contribution in [0.3, 0.4) is 0 Å². The Bertz CT molecular complexity index is 614. The first-order valence-electron chi connectivity index (χ1n) is 11.0. The fraction of sp³-hybridized carbons (Fsp3) is 0.696. The summed E-state index contributed by atoms with van der Waals surface area (Å²) in [6, 6.07) is 9.47. The molecule has 156 valence electrons. The molecule has 1 unspecified atom stereocenters. The first-order valence-corrected chi connectivity index (χ1v) is 11.0. The lowest BCUT2D eigenvalue weighted by atomic mass is 9.93. The van der Waals surface area contributed by atoms with Crippen LogP contribution in [0.5, 0.6) is 0 Å². The number of hydrogen-bond donors (Lipinski definition) is 1. The fourth-order valence-electron chi connectivity index (χ4n) is 4.71. The number of piperidine rings is 2. The van der Waals surface area contributed by atoms with Gasteiger partial charge in [0.05, 0.1) is 12.5 Å². The van der Waals surface area contributed by atoms with Gasteiger partial charge >= 0.3 is 0 Å². The molecule has 2 fully saturated rings. The quantitative estimate of drug-likeness (QED) is 0.697. The second kappa shape index (κ2) is 10.9. The predicted octanol–water partition coefficient (Wildman–Crippen LogP) is 2.69. The van der Waals surface area contributed by atoms with Gasteiger partial charge in [-0.2, -0.15) is 0 Å². The van der Waals surface area contributed by atoms with Gasteiger partial charge in [-0.15, -0.1) is 0 Å². The Morgan fingerprint density at radius 1 is 1.14 bits per heavy atom. The van der Waals surface area contributed by atoms with Crippen molar-refractivity contribution in [3.8, 4) is 0 Å². The molecule has 1 aromatic carbocycles. The second-order valence-corrected chi connectivity index (χ2v) is 8.25. The van der Waals surface area contributed by atoms with Crippen LogP contribution in [0.15, 0.2) is 24.3 Å². The lowest BCUT2D eigenvalue weighted by Crippen LogP contribution is -2.50. The van der Waals surface area contributed by atoms with Gasteiger partial charge < -0.3 is 10.1 Å².